The van der Waals surface area contributed by atoms with E-state index in [2.05, 4.69) is 31.2 Å². The minimum Gasteiger partial charge on any atom is -0.497 e. The van der Waals surface area contributed by atoms with Gasteiger partial charge in [0.05, 0.1) is 12.1 Å². The summed E-state index contributed by atoms with van der Waals surface area (Å²) < 4.78 is 18.3. The van der Waals surface area contributed by atoms with Gasteiger partial charge in [0.1, 0.15) is 17.4 Å². The summed E-state index contributed by atoms with van der Waals surface area (Å²) in [6.45, 7) is 2.59. The summed E-state index contributed by atoms with van der Waals surface area (Å²) >= 11 is 5.70. The molecule has 0 aliphatic rings. The Morgan fingerprint density at radius 3 is 2.52 bits per heavy atom. The van der Waals surface area contributed by atoms with Crippen LogP contribution in [0.15, 0.2) is 48.5 Å². The fraction of sp³-hybridized carbons (Fsp3) is 0.190. The largest absolute Gasteiger partial charge is 0.497 e. The maximum absolute atomic E-state index is 13.2. The number of nitrogens with zero attached hydrogens (tertiary/aromatic N) is 2. The van der Waals surface area contributed by atoms with Crippen LogP contribution in [0.25, 0.3) is 0 Å². The number of ether oxygens (including phenoxy) is 1. The zero-order valence-corrected chi connectivity index (χ0v) is 17.8. The van der Waals surface area contributed by atoms with Gasteiger partial charge in [-0.05, 0) is 49.4 Å². The minimum absolute atomic E-state index is 0.0601. The molecule has 0 saturated carbocycles. The predicted octanol–water partition coefficient (Wildman–Crippen LogP) is 4.56. The van der Waals surface area contributed by atoms with Gasteiger partial charge in [-0.3, -0.25) is 0 Å². The molecule has 8 nitrogen and oxygen atoms in total. The number of carbonyl (C=O) groups excluding carboxylic acids is 1. The molecular formula is C21H22ClFN6O2. The lowest BCUT2D eigenvalue weighted by atomic mass is 10.3. The smallest absolute Gasteiger partial charge is 0.319 e. The van der Waals surface area contributed by atoms with Crippen LogP contribution in [0.2, 0.25) is 5.02 Å². The van der Waals surface area contributed by atoms with Crippen molar-refractivity contribution < 1.29 is 13.9 Å². The Kier molecular flexibility index (Phi) is 7.45. The molecule has 0 spiro atoms. The van der Waals surface area contributed by atoms with Crippen molar-refractivity contribution in [1.29, 1.82) is 0 Å². The number of urea groups is 1. The number of hydrogen-bond donors (Lipinski definition) is 4. The van der Waals surface area contributed by atoms with E-state index in [-0.39, 0.29) is 5.02 Å². The number of benzene rings is 2. The maximum atomic E-state index is 13.2. The summed E-state index contributed by atoms with van der Waals surface area (Å²) in [4.78, 5) is 20.7. The first kappa shape index (κ1) is 22.1. The molecule has 1 heterocycles. The molecule has 10 heteroatoms. The summed E-state index contributed by atoms with van der Waals surface area (Å²) in [6, 6.07) is 12.8. The quantitative estimate of drug-likeness (QED) is 0.380. The van der Waals surface area contributed by atoms with Gasteiger partial charge in [-0.25, -0.2) is 14.2 Å². The van der Waals surface area contributed by atoms with E-state index >= 15 is 0 Å². The van der Waals surface area contributed by atoms with Crippen LogP contribution in [0.3, 0.4) is 0 Å². The van der Waals surface area contributed by atoms with Crippen LogP contribution in [0.5, 0.6) is 5.75 Å². The molecule has 0 aliphatic heterocycles. The monoisotopic (exact) mass is 444 g/mol. The molecule has 0 atom stereocenters. The van der Waals surface area contributed by atoms with Crippen molar-refractivity contribution in [3.05, 3.63) is 65.1 Å². The lowest BCUT2D eigenvalue weighted by Gasteiger charge is -2.11. The third-order valence-electron chi connectivity index (χ3n) is 4.09. The summed E-state index contributed by atoms with van der Waals surface area (Å²) in [5.41, 5.74) is 2.05. The van der Waals surface area contributed by atoms with Gasteiger partial charge in [0.2, 0.25) is 5.95 Å². The zero-order valence-electron chi connectivity index (χ0n) is 17.0. The number of aromatic nitrogens is 2. The van der Waals surface area contributed by atoms with E-state index in [4.69, 9.17) is 16.3 Å². The number of halogens is 2. The highest BCUT2D eigenvalue weighted by Gasteiger charge is 2.06. The Hall–Kier alpha value is -3.59. The van der Waals surface area contributed by atoms with Gasteiger partial charge in [-0.1, -0.05) is 11.6 Å². The molecule has 3 rings (SSSR count). The second-order valence-electron chi connectivity index (χ2n) is 6.51. The van der Waals surface area contributed by atoms with Crippen LogP contribution in [-0.2, 0) is 0 Å². The second kappa shape index (κ2) is 10.4. The van der Waals surface area contributed by atoms with Gasteiger partial charge >= 0.3 is 6.03 Å². The SMILES string of the molecule is COc1ccc(Nc2cc(C)nc(NCCNC(=O)Nc3ccc(F)c(Cl)c3)n2)cc1. The van der Waals surface area contributed by atoms with E-state index < -0.39 is 11.8 Å². The average Bonchev–Trinajstić information content (AvgIpc) is 2.74. The minimum atomic E-state index is -0.546. The van der Waals surface area contributed by atoms with Crippen LogP contribution in [0.4, 0.5) is 32.3 Å². The molecule has 4 N–H and O–H groups in total. The Balaban J connectivity index is 1.48. The van der Waals surface area contributed by atoms with Gasteiger partial charge < -0.3 is 26.0 Å². The van der Waals surface area contributed by atoms with Crippen molar-refractivity contribution in [3.63, 3.8) is 0 Å². The van der Waals surface area contributed by atoms with Crippen LogP contribution in [0, 0.1) is 12.7 Å². The van der Waals surface area contributed by atoms with Crippen molar-refractivity contribution in [1.82, 2.24) is 15.3 Å². The molecule has 1 aromatic heterocycles. The van der Waals surface area contributed by atoms with Crippen molar-refractivity contribution in [2.24, 2.45) is 0 Å². The van der Waals surface area contributed by atoms with Crippen LogP contribution in [-0.4, -0.2) is 36.2 Å². The Labute approximate surface area is 184 Å². The lowest BCUT2D eigenvalue weighted by molar-refractivity contribution is 0.252. The molecule has 2 amide bonds. The molecule has 0 bridgehead atoms. The van der Waals surface area contributed by atoms with E-state index in [0.29, 0.717) is 30.5 Å². The molecule has 0 unspecified atom stereocenters. The Bertz CT molecular complexity index is 1050. The molecule has 0 saturated heterocycles. The van der Waals surface area contributed by atoms with E-state index in [9.17, 15) is 9.18 Å². The number of aryl methyl sites for hydroxylation is 1. The number of methoxy groups -OCH3 is 1. The first-order valence-electron chi connectivity index (χ1n) is 9.43. The topological polar surface area (TPSA) is 100 Å². The highest BCUT2D eigenvalue weighted by Crippen LogP contribution is 2.20. The molecule has 2 aromatic carbocycles. The van der Waals surface area contributed by atoms with Gasteiger partial charge in [-0.2, -0.15) is 4.98 Å². The standard InChI is InChI=1S/C21H22ClFN6O2/c1-13-11-19(27-14-3-6-16(31-2)7-4-14)29-20(26-13)24-9-10-25-21(30)28-15-5-8-18(23)17(22)12-15/h3-8,11-12H,9-10H2,1-2H3,(H2,25,28,30)(H2,24,26,27,29). The first-order chi connectivity index (χ1) is 14.9. The third kappa shape index (κ3) is 6.71. The molecular weight excluding hydrogens is 423 g/mol. The number of nitrogens with one attached hydrogen (secondary N) is 4. The number of rotatable bonds is 8. The third-order valence-corrected chi connectivity index (χ3v) is 4.38. The van der Waals surface area contributed by atoms with Crippen molar-refractivity contribution in [2.75, 3.05) is 36.1 Å². The second-order valence-corrected chi connectivity index (χ2v) is 6.92. The van der Waals surface area contributed by atoms with Gasteiger partial charge in [0.15, 0.2) is 0 Å². The highest BCUT2D eigenvalue weighted by atomic mass is 35.5. The molecule has 0 fully saturated rings. The van der Waals surface area contributed by atoms with Gasteiger partial charge in [0, 0.05) is 36.2 Å². The average molecular weight is 445 g/mol. The molecule has 0 aliphatic carbocycles. The first-order valence-corrected chi connectivity index (χ1v) is 9.81. The summed E-state index contributed by atoms with van der Waals surface area (Å²) in [6.07, 6.45) is 0. The van der Waals surface area contributed by atoms with Gasteiger partial charge in [-0.15, -0.1) is 0 Å². The number of carbonyl (C=O) groups is 1. The van der Waals surface area contributed by atoms with Crippen LogP contribution >= 0.6 is 11.6 Å². The van der Waals surface area contributed by atoms with Crippen molar-refractivity contribution in [2.45, 2.75) is 6.92 Å². The number of anilines is 4. The maximum Gasteiger partial charge on any atom is 0.319 e. The molecule has 31 heavy (non-hydrogen) atoms. The van der Waals surface area contributed by atoms with E-state index in [1.165, 1.54) is 18.2 Å². The van der Waals surface area contributed by atoms with Crippen LogP contribution in [0.1, 0.15) is 5.69 Å². The summed E-state index contributed by atoms with van der Waals surface area (Å²) in [5, 5.41) is 11.5. The number of hydrogen-bond acceptors (Lipinski definition) is 6. The predicted molar refractivity (Wildman–Crippen MR) is 120 cm³/mol. The fourth-order valence-corrected chi connectivity index (χ4v) is 2.81. The normalized spacial score (nSPS) is 10.3. The Morgan fingerprint density at radius 2 is 1.81 bits per heavy atom. The lowest BCUT2D eigenvalue weighted by Crippen LogP contribution is -2.32. The summed E-state index contributed by atoms with van der Waals surface area (Å²) in [7, 11) is 1.62. The van der Waals surface area contributed by atoms with Crippen LogP contribution < -0.4 is 26.0 Å². The van der Waals surface area contributed by atoms with Gasteiger partial charge in [0.25, 0.3) is 0 Å². The van der Waals surface area contributed by atoms with E-state index in [1.54, 1.807) is 7.11 Å². The van der Waals surface area contributed by atoms with E-state index in [1.807, 2.05) is 37.3 Å². The molecule has 162 valence electrons. The molecule has 0 radical (unpaired) electrons. The molecule has 3 aromatic rings. The van der Waals surface area contributed by atoms with Crippen molar-refractivity contribution >= 4 is 40.8 Å². The zero-order chi connectivity index (χ0) is 22.2. The van der Waals surface area contributed by atoms with E-state index in [0.717, 1.165) is 17.1 Å². The number of amides is 2. The Morgan fingerprint density at radius 1 is 1.06 bits per heavy atom. The fourth-order valence-electron chi connectivity index (χ4n) is 2.63. The van der Waals surface area contributed by atoms with Crippen molar-refractivity contribution in [3.8, 4) is 5.75 Å². The summed E-state index contributed by atoms with van der Waals surface area (Å²) in [5.74, 6) is 1.30. The highest BCUT2D eigenvalue weighted by molar-refractivity contribution is 6.31.